The summed E-state index contributed by atoms with van der Waals surface area (Å²) in [5.74, 6) is 2.53. The third-order valence-corrected chi connectivity index (χ3v) is 3.92. The van der Waals surface area contributed by atoms with Crippen LogP contribution in [0.15, 0.2) is 18.2 Å². The monoisotopic (exact) mass is 310 g/mol. The van der Waals surface area contributed by atoms with Crippen LogP contribution in [0.25, 0.3) is 0 Å². The van der Waals surface area contributed by atoms with Crippen molar-refractivity contribution in [1.82, 2.24) is 0 Å². The molecule has 5 heteroatoms. The van der Waals surface area contributed by atoms with Gasteiger partial charge < -0.3 is 24.3 Å². The van der Waals surface area contributed by atoms with E-state index in [-0.39, 0.29) is 0 Å². The molecule has 0 unspecified atom stereocenters. The fourth-order valence-electron chi connectivity index (χ4n) is 2.65. The molecule has 0 radical (unpaired) electrons. The highest BCUT2D eigenvalue weighted by atomic mass is 16.5. The number of hydrogen-bond acceptors (Lipinski definition) is 4. The van der Waals surface area contributed by atoms with E-state index in [4.69, 9.17) is 18.9 Å². The molecular formula is C17H28NO4+. The van der Waals surface area contributed by atoms with E-state index in [0.29, 0.717) is 35.9 Å². The van der Waals surface area contributed by atoms with Gasteiger partial charge in [0.25, 0.3) is 0 Å². The van der Waals surface area contributed by atoms with E-state index < -0.39 is 0 Å². The first-order chi connectivity index (χ1) is 10.7. The Morgan fingerprint density at radius 2 is 2.00 bits per heavy atom. The van der Waals surface area contributed by atoms with E-state index in [1.165, 1.54) is 12.8 Å². The number of methoxy groups -OCH3 is 2. The highest BCUT2D eigenvalue weighted by Crippen LogP contribution is 2.36. The van der Waals surface area contributed by atoms with Crippen molar-refractivity contribution in [3.8, 4) is 17.2 Å². The van der Waals surface area contributed by atoms with Crippen molar-refractivity contribution in [1.29, 1.82) is 0 Å². The summed E-state index contributed by atoms with van der Waals surface area (Å²) in [6.07, 6.45) is 2.83. The standard InChI is InChI=1S/C17H27NO4/c1-13(10-18-11-14-6-5-9-21-14)12-22-17-15(19-2)7-4-8-16(17)20-3/h4,7-8,13-14,18H,5-6,9-12H2,1-3H3/p+1/t13-,14-/m0/s1. The number of ether oxygens (including phenoxy) is 4. The Morgan fingerprint density at radius 3 is 2.59 bits per heavy atom. The minimum absolute atomic E-state index is 0.433. The Morgan fingerprint density at radius 1 is 1.27 bits per heavy atom. The lowest BCUT2D eigenvalue weighted by molar-refractivity contribution is -0.665. The van der Waals surface area contributed by atoms with Gasteiger partial charge in [0.05, 0.1) is 27.4 Å². The summed E-state index contributed by atoms with van der Waals surface area (Å²) >= 11 is 0. The molecule has 1 heterocycles. The Bertz CT molecular complexity index is 424. The molecule has 0 aromatic heterocycles. The molecule has 1 aliphatic heterocycles. The minimum Gasteiger partial charge on any atom is -0.493 e. The summed E-state index contributed by atoms with van der Waals surface area (Å²) in [6, 6.07) is 5.65. The van der Waals surface area contributed by atoms with Crippen LogP contribution < -0.4 is 19.5 Å². The van der Waals surface area contributed by atoms with Gasteiger partial charge in [-0.3, -0.25) is 0 Å². The molecule has 1 fully saturated rings. The lowest BCUT2D eigenvalue weighted by Crippen LogP contribution is -2.87. The minimum atomic E-state index is 0.433. The van der Waals surface area contributed by atoms with E-state index in [1.54, 1.807) is 14.2 Å². The summed E-state index contributed by atoms with van der Waals surface area (Å²) in [6.45, 7) is 5.82. The number of hydrogen-bond donors (Lipinski definition) is 1. The van der Waals surface area contributed by atoms with Crippen LogP contribution in [-0.4, -0.2) is 46.6 Å². The molecule has 2 rings (SSSR count). The third-order valence-electron chi connectivity index (χ3n) is 3.92. The van der Waals surface area contributed by atoms with E-state index in [0.717, 1.165) is 19.7 Å². The Labute approximate surface area is 132 Å². The Balaban J connectivity index is 1.76. The number of quaternary nitrogens is 1. The molecule has 2 atom stereocenters. The maximum absolute atomic E-state index is 5.93. The van der Waals surface area contributed by atoms with Gasteiger partial charge in [0.2, 0.25) is 5.75 Å². The van der Waals surface area contributed by atoms with E-state index in [2.05, 4.69) is 12.2 Å². The van der Waals surface area contributed by atoms with Crippen LogP contribution in [0.1, 0.15) is 19.8 Å². The molecule has 22 heavy (non-hydrogen) atoms. The van der Waals surface area contributed by atoms with Gasteiger partial charge in [0, 0.05) is 12.5 Å². The van der Waals surface area contributed by atoms with Gasteiger partial charge in [0.15, 0.2) is 11.5 Å². The summed E-state index contributed by atoms with van der Waals surface area (Å²) < 4.78 is 22.2. The quantitative estimate of drug-likeness (QED) is 0.750. The van der Waals surface area contributed by atoms with Crippen molar-refractivity contribution in [3.63, 3.8) is 0 Å². The van der Waals surface area contributed by atoms with E-state index >= 15 is 0 Å². The van der Waals surface area contributed by atoms with Gasteiger partial charge in [0.1, 0.15) is 12.6 Å². The summed E-state index contributed by atoms with van der Waals surface area (Å²) in [4.78, 5) is 0. The maximum atomic E-state index is 5.93. The molecule has 2 N–H and O–H groups in total. The van der Waals surface area contributed by atoms with Gasteiger partial charge in [-0.05, 0) is 25.0 Å². The molecule has 124 valence electrons. The van der Waals surface area contributed by atoms with Crippen LogP contribution in [0.5, 0.6) is 17.2 Å². The normalized spacial score (nSPS) is 19.0. The number of benzene rings is 1. The summed E-state index contributed by atoms with van der Waals surface area (Å²) in [5, 5.41) is 2.32. The van der Waals surface area contributed by atoms with Gasteiger partial charge in [-0.25, -0.2) is 0 Å². The van der Waals surface area contributed by atoms with E-state index in [1.807, 2.05) is 18.2 Å². The van der Waals surface area contributed by atoms with Crippen molar-refractivity contribution in [3.05, 3.63) is 18.2 Å². The van der Waals surface area contributed by atoms with Crippen molar-refractivity contribution in [2.24, 2.45) is 5.92 Å². The lowest BCUT2D eigenvalue weighted by atomic mass is 10.2. The smallest absolute Gasteiger partial charge is 0.203 e. The zero-order valence-corrected chi connectivity index (χ0v) is 13.8. The van der Waals surface area contributed by atoms with Crippen molar-refractivity contribution < 1.29 is 24.3 Å². The van der Waals surface area contributed by atoms with Gasteiger partial charge in [-0.15, -0.1) is 0 Å². The molecule has 1 aromatic carbocycles. The summed E-state index contributed by atoms with van der Waals surface area (Å²) in [5.41, 5.74) is 0. The number of rotatable bonds is 9. The Kier molecular flexibility index (Phi) is 6.80. The molecular weight excluding hydrogens is 282 g/mol. The molecule has 1 saturated heterocycles. The van der Waals surface area contributed by atoms with Crippen LogP contribution in [0, 0.1) is 5.92 Å². The SMILES string of the molecule is COc1cccc(OC)c1OC[C@@H](C)C[NH2+]C[C@@H]1CCCO1. The summed E-state index contributed by atoms with van der Waals surface area (Å²) in [7, 11) is 3.28. The van der Waals surface area contributed by atoms with Crippen LogP contribution >= 0.6 is 0 Å². The zero-order valence-electron chi connectivity index (χ0n) is 13.8. The fraction of sp³-hybridized carbons (Fsp3) is 0.647. The first-order valence-corrected chi connectivity index (χ1v) is 8.01. The second-order valence-corrected chi connectivity index (χ2v) is 5.80. The van der Waals surface area contributed by atoms with Crippen LogP contribution in [0.2, 0.25) is 0 Å². The molecule has 1 aromatic rings. The number of para-hydroxylation sites is 1. The Hall–Kier alpha value is -1.46. The third kappa shape index (κ3) is 4.78. The lowest BCUT2D eigenvalue weighted by Gasteiger charge is -2.17. The molecule has 0 aliphatic carbocycles. The van der Waals surface area contributed by atoms with E-state index in [9.17, 15) is 0 Å². The fourth-order valence-corrected chi connectivity index (χ4v) is 2.65. The predicted octanol–water partition coefficient (Wildman–Crippen LogP) is 1.46. The van der Waals surface area contributed by atoms with Crippen molar-refractivity contribution in [2.75, 3.05) is 40.5 Å². The van der Waals surface area contributed by atoms with Crippen LogP contribution in [0.3, 0.4) is 0 Å². The van der Waals surface area contributed by atoms with Gasteiger partial charge in [-0.2, -0.15) is 0 Å². The zero-order chi connectivity index (χ0) is 15.8. The van der Waals surface area contributed by atoms with Gasteiger partial charge >= 0.3 is 0 Å². The van der Waals surface area contributed by atoms with Crippen molar-refractivity contribution in [2.45, 2.75) is 25.9 Å². The average Bonchev–Trinajstić information content (AvgIpc) is 3.05. The molecule has 5 nitrogen and oxygen atoms in total. The second kappa shape index (κ2) is 8.86. The second-order valence-electron chi connectivity index (χ2n) is 5.80. The molecule has 1 aliphatic rings. The largest absolute Gasteiger partial charge is 0.493 e. The molecule has 0 bridgehead atoms. The number of nitrogens with two attached hydrogens (primary N) is 1. The average molecular weight is 310 g/mol. The van der Waals surface area contributed by atoms with Crippen LogP contribution in [-0.2, 0) is 4.74 Å². The molecule has 0 saturated carbocycles. The predicted molar refractivity (Wildman–Crippen MR) is 84.8 cm³/mol. The highest BCUT2D eigenvalue weighted by molar-refractivity contribution is 5.51. The topological polar surface area (TPSA) is 53.5 Å². The first-order valence-electron chi connectivity index (χ1n) is 8.01. The molecule has 0 spiro atoms. The van der Waals surface area contributed by atoms with Gasteiger partial charge in [-0.1, -0.05) is 13.0 Å². The first kappa shape index (κ1) is 16.9. The highest BCUT2D eigenvalue weighted by Gasteiger charge is 2.18. The van der Waals surface area contributed by atoms with Crippen LogP contribution in [0.4, 0.5) is 0 Å². The maximum Gasteiger partial charge on any atom is 0.203 e. The van der Waals surface area contributed by atoms with Crippen molar-refractivity contribution >= 4 is 0 Å². The molecule has 0 amide bonds.